The van der Waals surface area contributed by atoms with Crippen LogP contribution in [0.5, 0.6) is 0 Å². The van der Waals surface area contributed by atoms with E-state index in [4.69, 9.17) is 18.6 Å². The maximum absolute atomic E-state index is 4.89. The van der Waals surface area contributed by atoms with Crippen molar-refractivity contribution >= 4 is 18.6 Å². The molecule has 94 valence electrons. The van der Waals surface area contributed by atoms with Crippen LogP contribution in [0.2, 0.25) is 0 Å². The summed E-state index contributed by atoms with van der Waals surface area (Å²) in [6, 6.07) is 0. The zero-order valence-electron chi connectivity index (χ0n) is 10.4. The molecule has 0 atom stereocenters. The standard InChI is InChI=1S/2C7H9.2ClH.Ti/c2*1-2-7-5-3-4-6-7;;;/h2*3,5H,2,4H2,1H3;2*1H;/q2*-1;;;+2/p-2. The van der Waals surface area contributed by atoms with E-state index in [1.54, 1.807) is 0 Å². The van der Waals surface area contributed by atoms with Gasteiger partial charge in [-0.15, -0.1) is 12.8 Å². The van der Waals surface area contributed by atoms with Gasteiger partial charge in [0.1, 0.15) is 0 Å². The van der Waals surface area contributed by atoms with Gasteiger partial charge in [0, 0.05) is 0 Å². The summed E-state index contributed by atoms with van der Waals surface area (Å²) in [4.78, 5) is 0. The van der Waals surface area contributed by atoms with Crippen LogP contribution < -0.4 is 0 Å². The van der Waals surface area contributed by atoms with Crippen LogP contribution in [-0.2, 0) is 17.0 Å². The summed E-state index contributed by atoms with van der Waals surface area (Å²) < 4.78 is 0. The Morgan fingerprint density at radius 3 is 1.47 bits per heavy atom. The molecule has 17 heavy (non-hydrogen) atoms. The van der Waals surface area contributed by atoms with Crippen LogP contribution in [0.3, 0.4) is 0 Å². The molecule has 0 N–H and O–H groups in total. The third kappa shape index (κ3) is 9.91. The summed E-state index contributed by atoms with van der Waals surface area (Å²) >= 11 is -0.556. The van der Waals surface area contributed by atoms with E-state index < -0.39 is 17.0 Å². The molecule has 0 spiro atoms. The zero-order chi connectivity index (χ0) is 12.9. The molecule has 0 aliphatic heterocycles. The summed E-state index contributed by atoms with van der Waals surface area (Å²) in [5, 5.41) is 0. The summed E-state index contributed by atoms with van der Waals surface area (Å²) in [5.41, 5.74) is 2.72. The van der Waals surface area contributed by atoms with E-state index in [2.05, 4.69) is 50.3 Å². The van der Waals surface area contributed by atoms with Gasteiger partial charge in [-0.25, -0.2) is 23.3 Å². The fraction of sp³-hybridized carbons (Fsp3) is 0.429. The van der Waals surface area contributed by atoms with Gasteiger partial charge in [0.15, 0.2) is 0 Å². The molecule has 2 rings (SSSR count). The number of rotatable bonds is 2. The van der Waals surface area contributed by atoms with E-state index >= 15 is 0 Å². The van der Waals surface area contributed by atoms with Gasteiger partial charge in [-0.05, 0) is 0 Å². The minimum absolute atomic E-state index is 0.556. The second-order valence-electron chi connectivity index (χ2n) is 3.40. The SMILES string of the molecule is CCC1=[C-]CC=C1.CCC1=[C-]CC=C1.[Cl][Ti][Cl]. The van der Waals surface area contributed by atoms with E-state index in [-0.39, 0.29) is 0 Å². The molecule has 0 unspecified atom stereocenters. The monoisotopic (exact) mass is 304 g/mol. The molecule has 3 heteroatoms. The molecular formula is C14H18Cl2Ti-2. The van der Waals surface area contributed by atoms with Crippen molar-refractivity contribution < 1.29 is 17.0 Å². The van der Waals surface area contributed by atoms with E-state index in [9.17, 15) is 0 Å². The Morgan fingerprint density at radius 2 is 1.35 bits per heavy atom. The topological polar surface area (TPSA) is 0 Å². The average molecular weight is 305 g/mol. The predicted octanol–water partition coefficient (Wildman–Crippen LogP) is 5.55. The number of hydrogen-bond acceptors (Lipinski definition) is 0. The van der Waals surface area contributed by atoms with Crippen LogP contribution in [-0.4, -0.2) is 0 Å². The Morgan fingerprint density at radius 1 is 1.00 bits per heavy atom. The average Bonchev–Trinajstić information content (AvgIpc) is 3.04. The molecule has 0 nitrogen and oxygen atoms in total. The minimum atomic E-state index is -0.556. The molecule has 2 aliphatic rings. The van der Waals surface area contributed by atoms with E-state index in [0.29, 0.717) is 0 Å². The summed E-state index contributed by atoms with van der Waals surface area (Å²) in [5.74, 6) is 0. The Labute approximate surface area is 122 Å². The van der Waals surface area contributed by atoms with Gasteiger partial charge in [0.05, 0.1) is 0 Å². The van der Waals surface area contributed by atoms with Crippen molar-refractivity contribution in [1.82, 2.24) is 0 Å². The van der Waals surface area contributed by atoms with Gasteiger partial charge in [-0.3, -0.25) is 12.2 Å². The molecular weight excluding hydrogens is 287 g/mol. The van der Waals surface area contributed by atoms with Gasteiger partial charge in [0.25, 0.3) is 0 Å². The van der Waals surface area contributed by atoms with Crippen molar-refractivity contribution in [2.45, 2.75) is 39.5 Å². The first kappa shape index (κ1) is 17.3. The first-order valence-electron chi connectivity index (χ1n) is 5.77. The van der Waals surface area contributed by atoms with Gasteiger partial charge >= 0.3 is 35.6 Å². The Balaban J connectivity index is 0.000000247. The molecule has 0 bridgehead atoms. The predicted molar refractivity (Wildman–Crippen MR) is 73.3 cm³/mol. The van der Waals surface area contributed by atoms with Crippen LogP contribution in [0.1, 0.15) is 39.5 Å². The summed E-state index contributed by atoms with van der Waals surface area (Å²) in [6.45, 7) is 4.30. The molecule has 0 amide bonds. The van der Waals surface area contributed by atoms with Gasteiger partial charge in [0.2, 0.25) is 0 Å². The van der Waals surface area contributed by atoms with Gasteiger partial charge in [-0.1, -0.05) is 26.7 Å². The second-order valence-corrected chi connectivity index (χ2v) is 5.97. The molecule has 0 aromatic carbocycles. The molecule has 0 fully saturated rings. The fourth-order valence-electron chi connectivity index (χ4n) is 1.39. The molecule has 0 saturated carbocycles. The van der Waals surface area contributed by atoms with Gasteiger partial charge < -0.3 is 0 Å². The molecule has 2 aliphatic carbocycles. The van der Waals surface area contributed by atoms with Crippen LogP contribution >= 0.6 is 18.6 Å². The van der Waals surface area contributed by atoms with Crippen molar-refractivity contribution in [2.24, 2.45) is 0 Å². The molecule has 0 heterocycles. The Kier molecular flexibility index (Phi) is 12.9. The number of hydrogen-bond donors (Lipinski definition) is 0. The number of halogens is 2. The zero-order valence-corrected chi connectivity index (χ0v) is 13.5. The Bertz CT molecular complexity index is 271. The molecule has 0 aromatic rings. The van der Waals surface area contributed by atoms with Crippen molar-refractivity contribution in [2.75, 3.05) is 0 Å². The maximum atomic E-state index is 4.89. The van der Waals surface area contributed by atoms with E-state index in [1.165, 1.54) is 11.1 Å². The van der Waals surface area contributed by atoms with Crippen LogP contribution in [0.15, 0.2) is 35.5 Å². The molecule has 0 saturated heterocycles. The fourth-order valence-corrected chi connectivity index (χ4v) is 1.39. The van der Waals surface area contributed by atoms with Crippen LogP contribution in [0.4, 0.5) is 0 Å². The van der Waals surface area contributed by atoms with Crippen molar-refractivity contribution in [3.05, 3.63) is 47.6 Å². The quantitative estimate of drug-likeness (QED) is 0.463. The third-order valence-electron chi connectivity index (χ3n) is 2.29. The normalized spacial score (nSPS) is 15.3. The first-order valence-corrected chi connectivity index (χ1v) is 10.1. The van der Waals surface area contributed by atoms with Crippen LogP contribution in [0.25, 0.3) is 0 Å². The summed E-state index contributed by atoms with van der Waals surface area (Å²) in [7, 11) is 9.78. The molecule has 0 radical (unpaired) electrons. The van der Waals surface area contributed by atoms with E-state index in [0.717, 1.165) is 25.7 Å². The van der Waals surface area contributed by atoms with Crippen molar-refractivity contribution in [1.29, 1.82) is 0 Å². The van der Waals surface area contributed by atoms with Crippen LogP contribution in [0, 0.1) is 12.2 Å². The number of allylic oxidation sites excluding steroid dienone is 8. The second kappa shape index (κ2) is 12.7. The first-order chi connectivity index (χ1) is 8.28. The van der Waals surface area contributed by atoms with Gasteiger partial charge in [-0.2, -0.15) is 12.2 Å². The molecule has 0 aromatic heterocycles. The third-order valence-corrected chi connectivity index (χ3v) is 2.29. The Hall–Kier alpha value is 0.254. The van der Waals surface area contributed by atoms with Crippen molar-refractivity contribution in [3.8, 4) is 0 Å². The van der Waals surface area contributed by atoms with Crippen molar-refractivity contribution in [3.63, 3.8) is 0 Å². The summed E-state index contributed by atoms with van der Waals surface area (Å²) in [6.07, 6.45) is 19.3. The van der Waals surface area contributed by atoms with E-state index in [1.807, 2.05) is 0 Å².